The predicted molar refractivity (Wildman–Crippen MR) is 79.1 cm³/mol. The predicted octanol–water partition coefficient (Wildman–Crippen LogP) is 1.61. The topological polar surface area (TPSA) is 84.4 Å². The molecule has 0 atom stereocenters. The van der Waals surface area contributed by atoms with E-state index in [4.69, 9.17) is 10.3 Å². The molecular weight excluding hydrogens is 268 g/mol. The fourth-order valence-corrected chi connectivity index (χ4v) is 2.14. The van der Waals surface area contributed by atoms with Crippen molar-refractivity contribution < 1.29 is 9.21 Å². The van der Waals surface area contributed by atoms with E-state index in [9.17, 15) is 4.79 Å². The molecule has 0 saturated carbocycles. The molecule has 112 valence electrons. The third-order valence-corrected chi connectivity index (χ3v) is 3.24. The lowest BCUT2D eigenvalue weighted by Crippen LogP contribution is -2.30. The summed E-state index contributed by atoms with van der Waals surface area (Å²) in [6.07, 6.45) is 1.78. The summed E-state index contributed by atoms with van der Waals surface area (Å²) in [6.45, 7) is 6.11. The van der Waals surface area contributed by atoms with Crippen molar-refractivity contribution in [3.05, 3.63) is 53.2 Å². The Balaban J connectivity index is 2.07. The van der Waals surface area contributed by atoms with Gasteiger partial charge in [0.2, 0.25) is 0 Å². The SMILES string of the molecule is CCN(Cc1ccccn1)Cc1cc(C)c(C(=O)NN)o1. The number of carbonyl (C=O) groups excluding carboxylic acids is 1. The number of nitrogens with zero attached hydrogens (tertiary/aromatic N) is 2. The average Bonchev–Trinajstić information content (AvgIpc) is 2.87. The molecular formula is C15H20N4O2. The van der Waals surface area contributed by atoms with Gasteiger partial charge in [-0.2, -0.15) is 0 Å². The van der Waals surface area contributed by atoms with Gasteiger partial charge in [0.15, 0.2) is 5.76 Å². The quantitative estimate of drug-likeness (QED) is 0.479. The van der Waals surface area contributed by atoms with Gasteiger partial charge in [-0.05, 0) is 31.7 Å². The Hall–Kier alpha value is -2.18. The van der Waals surface area contributed by atoms with E-state index in [-0.39, 0.29) is 5.76 Å². The molecule has 21 heavy (non-hydrogen) atoms. The number of pyridine rings is 1. The van der Waals surface area contributed by atoms with Crippen molar-refractivity contribution in [2.75, 3.05) is 6.54 Å². The number of hydrazine groups is 1. The van der Waals surface area contributed by atoms with Crippen LogP contribution < -0.4 is 11.3 Å². The van der Waals surface area contributed by atoms with Crippen molar-refractivity contribution in [1.82, 2.24) is 15.3 Å². The van der Waals surface area contributed by atoms with E-state index in [1.54, 1.807) is 6.20 Å². The summed E-state index contributed by atoms with van der Waals surface area (Å²) >= 11 is 0. The Bertz CT molecular complexity index is 595. The minimum atomic E-state index is -0.411. The number of hydrogen-bond donors (Lipinski definition) is 2. The summed E-state index contributed by atoms with van der Waals surface area (Å²) in [7, 11) is 0. The molecule has 0 saturated heterocycles. The zero-order valence-electron chi connectivity index (χ0n) is 12.3. The summed E-state index contributed by atoms with van der Waals surface area (Å²) in [5, 5.41) is 0. The molecule has 0 aromatic carbocycles. The van der Waals surface area contributed by atoms with Crippen molar-refractivity contribution in [3.63, 3.8) is 0 Å². The van der Waals surface area contributed by atoms with Crippen LogP contribution >= 0.6 is 0 Å². The second kappa shape index (κ2) is 7.01. The average molecular weight is 288 g/mol. The largest absolute Gasteiger partial charge is 0.454 e. The molecule has 2 aromatic heterocycles. The third-order valence-electron chi connectivity index (χ3n) is 3.24. The molecule has 0 bridgehead atoms. The minimum Gasteiger partial charge on any atom is -0.454 e. The molecule has 0 unspecified atom stereocenters. The second-order valence-corrected chi connectivity index (χ2v) is 4.82. The van der Waals surface area contributed by atoms with Gasteiger partial charge in [-0.3, -0.25) is 20.1 Å². The summed E-state index contributed by atoms with van der Waals surface area (Å²) in [6, 6.07) is 7.72. The van der Waals surface area contributed by atoms with Crippen LogP contribution in [0, 0.1) is 6.92 Å². The van der Waals surface area contributed by atoms with Crippen molar-refractivity contribution in [3.8, 4) is 0 Å². The highest BCUT2D eigenvalue weighted by Crippen LogP contribution is 2.17. The van der Waals surface area contributed by atoms with Crippen molar-refractivity contribution in [1.29, 1.82) is 0 Å². The van der Waals surface area contributed by atoms with Crippen LogP contribution in [0.15, 0.2) is 34.9 Å². The molecule has 6 heteroatoms. The van der Waals surface area contributed by atoms with Crippen LogP contribution in [0.3, 0.4) is 0 Å². The minimum absolute atomic E-state index is 0.265. The van der Waals surface area contributed by atoms with E-state index in [0.29, 0.717) is 6.54 Å². The van der Waals surface area contributed by atoms with Crippen molar-refractivity contribution in [2.24, 2.45) is 5.84 Å². The maximum absolute atomic E-state index is 11.5. The van der Waals surface area contributed by atoms with Crippen molar-refractivity contribution >= 4 is 5.91 Å². The zero-order valence-corrected chi connectivity index (χ0v) is 12.3. The molecule has 3 N–H and O–H groups in total. The summed E-state index contributed by atoms with van der Waals surface area (Å²) in [5.74, 6) is 5.73. The lowest BCUT2D eigenvalue weighted by molar-refractivity contribution is 0.0921. The van der Waals surface area contributed by atoms with Gasteiger partial charge in [0, 0.05) is 18.3 Å². The molecule has 0 spiro atoms. The Morgan fingerprint density at radius 3 is 2.86 bits per heavy atom. The third kappa shape index (κ3) is 3.90. The smallest absolute Gasteiger partial charge is 0.301 e. The summed E-state index contributed by atoms with van der Waals surface area (Å²) in [4.78, 5) is 18.0. The van der Waals surface area contributed by atoms with Crippen LogP contribution in [-0.4, -0.2) is 22.3 Å². The molecule has 0 aliphatic rings. The fourth-order valence-electron chi connectivity index (χ4n) is 2.14. The summed E-state index contributed by atoms with van der Waals surface area (Å²) in [5.41, 5.74) is 3.87. The first kappa shape index (κ1) is 15.2. The summed E-state index contributed by atoms with van der Waals surface area (Å²) < 4.78 is 5.58. The number of nitrogen functional groups attached to an aromatic ring is 1. The molecule has 0 aliphatic heterocycles. The van der Waals surface area contributed by atoms with Gasteiger partial charge in [-0.1, -0.05) is 13.0 Å². The lowest BCUT2D eigenvalue weighted by Gasteiger charge is -2.18. The van der Waals surface area contributed by atoms with Crippen LogP contribution in [0.2, 0.25) is 0 Å². The van der Waals surface area contributed by atoms with E-state index >= 15 is 0 Å². The van der Waals surface area contributed by atoms with Gasteiger partial charge in [-0.25, -0.2) is 5.84 Å². The molecule has 2 rings (SSSR count). The number of rotatable bonds is 6. The number of nitrogens with one attached hydrogen (secondary N) is 1. The maximum Gasteiger partial charge on any atom is 0.301 e. The molecule has 1 amide bonds. The molecule has 2 aromatic rings. The van der Waals surface area contributed by atoms with Crippen LogP contribution in [0.25, 0.3) is 0 Å². The molecule has 0 fully saturated rings. The number of amides is 1. The maximum atomic E-state index is 11.5. The van der Waals surface area contributed by atoms with Gasteiger partial charge < -0.3 is 4.42 Å². The molecule has 0 aliphatic carbocycles. The number of carbonyl (C=O) groups is 1. The van der Waals surface area contributed by atoms with Crippen LogP contribution in [0.5, 0.6) is 0 Å². The first-order chi connectivity index (χ1) is 10.1. The van der Waals surface area contributed by atoms with Crippen molar-refractivity contribution in [2.45, 2.75) is 26.9 Å². The Kier molecular flexibility index (Phi) is 5.08. The van der Waals surface area contributed by atoms with Crippen LogP contribution in [0.4, 0.5) is 0 Å². The first-order valence-corrected chi connectivity index (χ1v) is 6.86. The van der Waals surface area contributed by atoms with Gasteiger partial charge in [0.25, 0.3) is 0 Å². The fraction of sp³-hybridized carbons (Fsp3) is 0.333. The number of aryl methyl sites for hydroxylation is 1. The number of hydrogen-bond acceptors (Lipinski definition) is 5. The highest BCUT2D eigenvalue weighted by Gasteiger charge is 2.16. The van der Waals surface area contributed by atoms with Gasteiger partial charge in [0.1, 0.15) is 5.76 Å². The van der Waals surface area contributed by atoms with E-state index < -0.39 is 5.91 Å². The monoisotopic (exact) mass is 288 g/mol. The van der Waals surface area contributed by atoms with E-state index in [1.165, 1.54) is 0 Å². The standard InChI is InChI=1S/C15H20N4O2/c1-3-19(9-12-6-4-5-7-17-12)10-13-8-11(2)14(21-13)15(20)18-16/h4-8H,3,9-10,16H2,1-2H3,(H,18,20). The Labute approximate surface area is 123 Å². The second-order valence-electron chi connectivity index (χ2n) is 4.82. The zero-order chi connectivity index (χ0) is 15.2. The number of aromatic nitrogens is 1. The van der Waals surface area contributed by atoms with Gasteiger partial charge in [0.05, 0.1) is 12.2 Å². The van der Waals surface area contributed by atoms with Crippen LogP contribution in [0.1, 0.15) is 34.5 Å². The molecule has 0 radical (unpaired) electrons. The Morgan fingerprint density at radius 2 is 2.24 bits per heavy atom. The lowest BCUT2D eigenvalue weighted by atomic mass is 10.2. The highest BCUT2D eigenvalue weighted by atomic mass is 16.4. The number of nitrogens with two attached hydrogens (primary N) is 1. The molecule has 6 nitrogen and oxygen atoms in total. The van der Waals surface area contributed by atoms with E-state index in [2.05, 4.69) is 22.2 Å². The van der Waals surface area contributed by atoms with Gasteiger partial charge in [-0.15, -0.1) is 0 Å². The normalized spacial score (nSPS) is 10.9. The highest BCUT2D eigenvalue weighted by molar-refractivity contribution is 5.92. The van der Waals surface area contributed by atoms with E-state index in [0.717, 1.165) is 30.1 Å². The Morgan fingerprint density at radius 1 is 1.43 bits per heavy atom. The van der Waals surface area contributed by atoms with Crippen LogP contribution in [-0.2, 0) is 13.1 Å². The number of furan rings is 1. The van der Waals surface area contributed by atoms with Gasteiger partial charge >= 0.3 is 5.91 Å². The first-order valence-electron chi connectivity index (χ1n) is 6.86. The van der Waals surface area contributed by atoms with E-state index in [1.807, 2.05) is 31.2 Å². The molecule has 2 heterocycles.